The zero-order valence-electron chi connectivity index (χ0n) is 6.72. The predicted molar refractivity (Wildman–Crippen MR) is 40.6 cm³/mol. The number of hydrogen-bond acceptors (Lipinski definition) is 2. The van der Waals surface area contributed by atoms with Crippen LogP contribution in [-0.2, 0) is 9.53 Å². The Morgan fingerprint density at radius 1 is 1.40 bits per heavy atom. The normalized spacial score (nSPS) is 13.0. The van der Waals surface area contributed by atoms with Crippen LogP contribution in [0.15, 0.2) is 0 Å². The van der Waals surface area contributed by atoms with Gasteiger partial charge in [0.2, 0.25) is 6.29 Å². The van der Waals surface area contributed by atoms with Gasteiger partial charge in [0, 0.05) is 6.61 Å². The summed E-state index contributed by atoms with van der Waals surface area (Å²) in [7, 11) is 0. The second-order valence-electron chi connectivity index (χ2n) is 2.27. The van der Waals surface area contributed by atoms with E-state index >= 15 is 0 Å². The quantitative estimate of drug-likeness (QED) is 0.565. The molecule has 0 saturated heterocycles. The fraction of sp³-hybridized carbons (Fsp3) is 0.875. The van der Waals surface area contributed by atoms with Gasteiger partial charge < -0.3 is 4.74 Å². The Hall–Kier alpha value is -0.370. The van der Waals surface area contributed by atoms with Crippen molar-refractivity contribution in [3.63, 3.8) is 0 Å². The topological polar surface area (TPSA) is 26.3 Å². The second-order valence-corrected chi connectivity index (χ2v) is 2.27. The van der Waals surface area contributed by atoms with Gasteiger partial charge in [-0.05, 0) is 12.8 Å². The molecule has 1 radical (unpaired) electrons. The van der Waals surface area contributed by atoms with E-state index in [9.17, 15) is 4.79 Å². The van der Waals surface area contributed by atoms with Crippen molar-refractivity contribution in [1.29, 1.82) is 0 Å². The minimum absolute atomic E-state index is 0.287. The Morgan fingerprint density at radius 2 is 2.10 bits per heavy atom. The molecule has 0 heterocycles. The lowest BCUT2D eigenvalue weighted by Crippen LogP contribution is -2.14. The summed E-state index contributed by atoms with van der Waals surface area (Å²) in [6.07, 6.45) is 4.31. The molecule has 0 spiro atoms. The first-order valence-electron chi connectivity index (χ1n) is 3.84. The minimum Gasteiger partial charge on any atom is -0.370 e. The van der Waals surface area contributed by atoms with E-state index in [2.05, 4.69) is 0 Å². The molecule has 0 rings (SSSR count). The highest BCUT2D eigenvalue weighted by molar-refractivity contribution is 5.56. The molecule has 0 amide bonds. The van der Waals surface area contributed by atoms with E-state index in [1.54, 1.807) is 0 Å². The summed E-state index contributed by atoms with van der Waals surface area (Å²) in [5.41, 5.74) is 0. The van der Waals surface area contributed by atoms with Crippen molar-refractivity contribution in [2.45, 2.75) is 39.2 Å². The number of carbonyl (C=O) groups excluding carboxylic acids is 1. The standard InChI is InChI=1S/C8H15O2/c1-3-5-8(7-9)10-6-4-2/h8H,3-6H2,1-2H3. The van der Waals surface area contributed by atoms with Crippen LogP contribution in [0, 0.1) is 0 Å². The average Bonchev–Trinajstić information content (AvgIpc) is 1.98. The summed E-state index contributed by atoms with van der Waals surface area (Å²) < 4.78 is 5.16. The van der Waals surface area contributed by atoms with E-state index < -0.39 is 0 Å². The molecule has 10 heavy (non-hydrogen) atoms. The Morgan fingerprint density at radius 3 is 2.50 bits per heavy atom. The van der Waals surface area contributed by atoms with Crippen LogP contribution in [0.1, 0.15) is 33.1 Å². The summed E-state index contributed by atoms with van der Waals surface area (Å²) in [6, 6.07) is 0. The van der Waals surface area contributed by atoms with Crippen LogP contribution >= 0.6 is 0 Å². The third-order valence-electron chi connectivity index (χ3n) is 1.21. The van der Waals surface area contributed by atoms with Crippen molar-refractivity contribution in [2.75, 3.05) is 6.61 Å². The van der Waals surface area contributed by atoms with Crippen molar-refractivity contribution in [2.24, 2.45) is 0 Å². The van der Waals surface area contributed by atoms with Crippen LogP contribution in [0.3, 0.4) is 0 Å². The largest absolute Gasteiger partial charge is 0.370 e. The molecule has 0 aromatic carbocycles. The first-order valence-corrected chi connectivity index (χ1v) is 3.84. The average molecular weight is 143 g/mol. The molecule has 2 nitrogen and oxygen atoms in total. The molecular formula is C8H15O2. The molecule has 0 aliphatic carbocycles. The molecule has 1 atom stereocenters. The van der Waals surface area contributed by atoms with Crippen LogP contribution < -0.4 is 0 Å². The maximum absolute atomic E-state index is 10.2. The lowest BCUT2D eigenvalue weighted by molar-refractivity contribution is 0.0899. The highest BCUT2D eigenvalue weighted by atomic mass is 16.5. The third-order valence-corrected chi connectivity index (χ3v) is 1.21. The lowest BCUT2D eigenvalue weighted by Gasteiger charge is -2.07. The molecule has 0 bridgehead atoms. The third kappa shape index (κ3) is 4.50. The summed E-state index contributed by atoms with van der Waals surface area (Å²) in [4.78, 5) is 10.2. The summed E-state index contributed by atoms with van der Waals surface area (Å²) in [6.45, 7) is 4.72. The summed E-state index contributed by atoms with van der Waals surface area (Å²) >= 11 is 0. The molecule has 0 aromatic heterocycles. The number of ether oxygens (including phenoxy) is 1. The molecule has 0 aliphatic rings. The molecule has 0 fully saturated rings. The zero-order valence-corrected chi connectivity index (χ0v) is 6.72. The molecule has 0 aromatic rings. The van der Waals surface area contributed by atoms with Gasteiger partial charge in [-0.15, -0.1) is 0 Å². The van der Waals surface area contributed by atoms with Crippen molar-refractivity contribution < 1.29 is 9.53 Å². The Balaban J connectivity index is 3.29. The van der Waals surface area contributed by atoms with Gasteiger partial charge in [-0.25, -0.2) is 0 Å². The van der Waals surface area contributed by atoms with Crippen LogP contribution in [0.5, 0.6) is 0 Å². The molecule has 0 aliphatic heterocycles. The highest BCUT2D eigenvalue weighted by Gasteiger charge is 2.04. The number of hydrogen-bond donors (Lipinski definition) is 0. The Kier molecular flexibility index (Phi) is 6.50. The van der Waals surface area contributed by atoms with Gasteiger partial charge in [0.15, 0.2) is 0 Å². The van der Waals surface area contributed by atoms with Crippen LogP contribution in [0.25, 0.3) is 0 Å². The molecule has 59 valence electrons. The Labute approximate surface area is 62.6 Å². The smallest absolute Gasteiger partial charge is 0.229 e. The zero-order chi connectivity index (χ0) is 7.82. The Bertz CT molecular complexity index is 81.3. The van der Waals surface area contributed by atoms with Gasteiger partial charge >= 0.3 is 0 Å². The monoisotopic (exact) mass is 143 g/mol. The molecule has 0 saturated carbocycles. The summed E-state index contributed by atoms with van der Waals surface area (Å²) in [5.74, 6) is 0. The maximum atomic E-state index is 10.2. The van der Waals surface area contributed by atoms with E-state index in [0.29, 0.717) is 6.61 Å². The molecule has 2 heteroatoms. The fourth-order valence-electron chi connectivity index (χ4n) is 0.699. The van der Waals surface area contributed by atoms with Crippen LogP contribution in [0.4, 0.5) is 0 Å². The van der Waals surface area contributed by atoms with Gasteiger partial charge in [-0.1, -0.05) is 20.3 Å². The maximum Gasteiger partial charge on any atom is 0.229 e. The highest BCUT2D eigenvalue weighted by Crippen LogP contribution is 1.98. The SMILES string of the molecule is CCCOC([C]=O)CCC. The van der Waals surface area contributed by atoms with E-state index in [-0.39, 0.29) is 6.10 Å². The van der Waals surface area contributed by atoms with E-state index in [0.717, 1.165) is 19.3 Å². The van der Waals surface area contributed by atoms with Gasteiger partial charge in [-0.3, -0.25) is 4.79 Å². The van der Waals surface area contributed by atoms with Gasteiger partial charge in [0.1, 0.15) is 6.10 Å². The van der Waals surface area contributed by atoms with Gasteiger partial charge in [0.25, 0.3) is 0 Å². The van der Waals surface area contributed by atoms with Crippen molar-refractivity contribution in [1.82, 2.24) is 0 Å². The van der Waals surface area contributed by atoms with Crippen LogP contribution in [0.2, 0.25) is 0 Å². The van der Waals surface area contributed by atoms with E-state index in [4.69, 9.17) is 4.74 Å². The van der Waals surface area contributed by atoms with Crippen molar-refractivity contribution in [3.8, 4) is 0 Å². The first-order chi connectivity index (χ1) is 4.85. The number of rotatable bonds is 6. The molecule has 0 N–H and O–H groups in total. The predicted octanol–water partition coefficient (Wildman–Crippen LogP) is 1.69. The van der Waals surface area contributed by atoms with Crippen molar-refractivity contribution in [3.05, 3.63) is 0 Å². The van der Waals surface area contributed by atoms with Crippen molar-refractivity contribution >= 4 is 6.29 Å². The minimum atomic E-state index is -0.287. The van der Waals surface area contributed by atoms with Gasteiger partial charge in [-0.2, -0.15) is 0 Å². The second kappa shape index (κ2) is 6.75. The fourth-order valence-corrected chi connectivity index (χ4v) is 0.699. The van der Waals surface area contributed by atoms with E-state index in [1.165, 1.54) is 0 Å². The van der Waals surface area contributed by atoms with Crippen LogP contribution in [-0.4, -0.2) is 19.0 Å². The molecule has 1 unspecified atom stereocenters. The summed E-state index contributed by atoms with van der Waals surface area (Å²) in [5, 5.41) is 0. The lowest BCUT2D eigenvalue weighted by atomic mass is 10.2. The van der Waals surface area contributed by atoms with E-state index in [1.807, 2.05) is 20.1 Å². The molecular weight excluding hydrogens is 128 g/mol. The first kappa shape index (κ1) is 9.63. The van der Waals surface area contributed by atoms with Gasteiger partial charge in [0.05, 0.1) is 0 Å².